The predicted molar refractivity (Wildman–Crippen MR) is 61.2 cm³/mol. The lowest BCUT2D eigenvalue weighted by Crippen LogP contribution is -2.20. The quantitative estimate of drug-likeness (QED) is 0.636. The minimum absolute atomic E-state index is 0.178. The summed E-state index contributed by atoms with van der Waals surface area (Å²) in [4.78, 5) is 15.6. The maximum Gasteiger partial charge on any atom is 0.324 e. The second-order valence-electron chi connectivity index (χ2n) is 3.90. The van der Waals surface area contributed by atoms with Gasteiger partial charge in [-0.25, -0.2) is 0 Å². The smallest absolute Gasteiger partial charge is 0.298 e. The van der Waals surface area contributed by atoms with Crippen molar-refractivity contribution in [1.82, 2.24) is 5.48 Å². The van der Waals surface area contributed by atoms with Crippen molar-refractivity contribution in [2.45, 2.75) is 38.3 Å². The number of hydrogen-bond acceptors (Lipinski definition) is 5. The number of hydrogen-bond donors (Lipinski definition) is 1. The minimum Gasteiger partial charge on any atom is -0.298 e. The molecule has 16 heavy (non-hydrogen) atoms. The summed E-state index contributed by atoms with van der Waals surface area (Å²) in [6.07, 6.45) is 4.99. The molecule has 1 N–H and O–H groups in total. The van der Waals surface area contributed by atoms with Gasteiger partial charge in [0.25, 0.3) is 0 Å². The molecule has 6 heteroatoms. The molecule has 88 valence electrons. The number of nitrogens with one attached hydrogen (secondary N) is 1. The van der Waals surface area contributed by atoms with Crippen molar-refractivity contribution in [2.24, 2.45) is 0 Å². The van der Waals surface area contributed by atoms with E-state index in [2.05, 4.69) is 5.48 Å². The summed E-state index contributed by atoms with van der Waals surface area (Å²) in [7, 11) is 0. The first-order chi connectivity index (χ1) is 7.75. The lowest BCUT2D eigenvalue weighted by Gasteiger charge is -2.10. The minimum atomic E-state index is -0.369. The summed E-state index contributed by atoms with van der Waals surface area (Å²) in [5.41, 5.74) is 3.78. The van der Waals surface area contributed by atoms with Crippen molar-refractivity contribution in [2.75, 3.05) is 0 Å². The summed E-state index contributed by atoms with van der Waals surface area (Å²) < 4.78 is 0. The standard InChI is InChI=1S/C10H14N2O3S/c13-12(14)10-5-8(7-16-10)6-11-15-9-3-1-2-4-9/h5,7,9,11H,1-4,6H2. The fourth-order valence-electron chi connectivity index (χ4n) is 1.80. The highest BCUT2D eigenvalue weighted by Gasteiger charge is 2.15. The molecule has 0 unspecified atom stereocenters. The second-order valence-corrected chi connectivity index (χ2v) is 4.79. The topological polar surface area (TPSA) is 64.4 Å². The third kappa shape index (κ3) is 3.01. The van der Waals surface area contributed by atoms with Crippen molar-refractivity contribution in [3.63, 3.8) is 0 Å². The molecule has 0 radical (unpaired) electrons. The van der Waals surface area contributed by atoms with E-state index in [1.165, 1.54) is 12.8 Å². The van der Waals surface area contributed by atoms with Crippen LogP contribution in [-0.4, -0.2) is 11.0 Å². The number of thiophene rings is 1. The highest BCUT2D eigenvalue weighted by Crippen LogP contribution is 2.23. The fraction of sp³-hybridized carbons (Fsp3) is 0.600. The fourth-order valence-corrected chi connectivity index (χ4v) is 2.53. The molecule has 1 aliphatic rings. The average molecular weight is 242 g/mol. The molecule has 1 heterocycles. The molecule has 0 aliphatic heterocycles. The molecule has 0 saturated heterocycles. The summed E-state index contributed by atoms with van der Waals surface area (Å²) >= 11 is 1.15. The van der Waals surface area contributed by atoms with Gasteiger partial charge in [-0.15, -0.1) is 0 Å². The van der Waals surface area contributed by atoms with Crippen molar-refractivity contribution in [3.05, 3.63) is 27.1 Å². The van der Waals surface area contributed by atoms with Gasteiger partial charge < -0.3 is 0 Å². The van der Waals surface area contributed by atoms with E-state index < -0.39 is 0 Å². The lowest BCUT2D eigenvalue weighted by molar-refractivity contribution is -0.380. The maximum atomic E-state index is 10.5. The van der Waals surface area contributed by atoms with E-state index in [-0.39, 0.29) is 9.92 Å². The van der Waals surface area contributed by atoms with Gasteiger partial charge in [0.2, 0.25) is 0 Å². The maximum absolute atomic E-state index is 10.5. The zero-order chi connectivity index (χ0) is 11.4. The Kier molecular flexibility index (Phi) is 3.87. The Labute approximate surface area is 97.5 Å². The summed E-state index contributed by atoms with van der Waals surface area (Å²) in [5.74, 6) is 0. The van der Waals surface area contributed by atoms with Crippen LogP contribution in [0.1, 0.15) is 31.2 Å². The zero-order valence-corrected chi connectivity index (χ0v) is 9.66. The Morgan fingerprint density at radius 3 is 2.94 bits per heavy atom. The van der Waals surface area contributed by atoms with E-state index in [0.29, 0.717) is 12.6 Å². The third-order valence-electron chi connectivity index (χ3n) is 2.65. The van der Waals surface area contributed by atoms with Crippen LogP contribution >= 0.6 is 11.3 Å². The lowest BCUT2D eigenvalue weighted by atomic mass is 10.3. The third-order valence-corrected chi connectivity index (χ3v) is 3.58. The number of hydroxylamine groups is 1. The van der Waals surface area contributed by atoms with Crippen LogP contribution in [0.3, 0.4) is 0 Å². The molecular weight excluding hydrogens is 228 g/mol. The predicted octanol–water partition coefficient (Wildman–Crippen LogP) is 2.62. The average Bonchev–Trinajstić information content (AvgIpc) is 2.87. The van der Waals surface area contributed by atoms with E-state index >= 15 is 0 Å². The van der Waals surface area contributed by atoms with Crippen molar-refractivity contribution in [3.8, 4) is 0 Å². The van der Waals surface area contributed by atoms with Gasteiger partial charge in [0, 0.05) is 18.0 Å². The van der Waals surface area contributed by atoms with Crippen molar-refractivity contribution in [1.29, 1.82) is 0 Å². The molecule has 1 aliphatic carbocycles. The molecule has 1 fully saturated rings. The summed E-state index contributed by atoms with van der Waals surface area (Å²) in [6, 6.07) is 1.58. The number of rotatable bonds is 5. The van der Waals surface area contributed by atoms with Crippen LogP contribution in [0.2, 0.25) is 0 Å². The first kappa shape index (κ1) is 11.5. The van der Waals surface area contributed by atoms with Crippen LogP contribution in [0.25, 0.3) is 0 Å². The molecular formula is C10H14N2O3S. The van der Waals surface area contributed by atoms with E-state index in [1.54, 1.807) is 11.4 Å². The number of nitro groups is 1. The Morgan fingerprint density at radius 2 is 2.31 bits per heavy atom. The van der Waals surface area contributed by atoms with Gasteiger partial charge in [-0.05, 0) is 18.4 Å². The Morgan fingerprint density at radius 1 is 1.56 bits per heavy atom. The highest BCUT2D eigenvalue weighted by molar-refractivity contribution is 7.13. The zero-order valence-electron chi connectivity index (χ0n) is 8.85. The van der Waals surface area contributed by atoms with Crippen LogP contribution in [0.15, 0.2) is 11.4 Å². The molecule has 1 aromatic heterocycles. The molecule has 0 atom stereocenters. The van der Waals surface area contributed by atoms with E-state index in [1.807, 2.05) is 0 Å². The second kappa shape index (κ2) is 5.38. The molecule has 0 aromatic carbocycles. The van der Waals surface area contributed by atoms with Crippen LogP contribution in [0.5, 0.6) is 0 Å². The molecule has 5 nitrogen and oxygen atoms in total. The highest BCUT2D eigenvalue weighted by atomic mass is 32.1. The summed E-state index contributed by atoms with van der Waals surface area (Å²) in [5, 5.41) is 12.4. The Bertz CT molecular complexity index is 361. The Balaban J connectivity index is 1.74. The molecule has 2 rings (SSSR count). The van der Waals surface area contributed by atoms with Gasteiger partial charge in [-0.2, -0.15) is 5.48 Å². The number of nitrogens with zero attached hydrogens (tertiary/aromatic N) is 1. The largest absolute Gasteiger partial charge is 0.324 e. The van der Waals surface area contributed by atoms with Crippen molar-refractivity contribution >= 4 is 16.3 Å². The van der Waals surface area contributed by atoms with Crippen LogP contribution in [0.4, 0.5) is 5.00 Å². The van der Waals surface area contributed by atoms with Gasteiger partial charge >= 0.3 is 5.00 Å². The van der Waals surface area contributed by atoms with Gasteiger partial charge in [0.15, 0.2) is 0 Å². The SMILES string of the molecule is O=[N+]([O-])c1cc(CNOC2CCCC2)cs1. The van der Waals surface area contributed by atoms with Gasteiger partial charge in [-0.1, -0.05) is 24.2 Å². The first-order valence-corrected chi connectivity index (χ1v) is 6.24. The van der Waals surface area contributed by atoms with Gasteiger partial charge in [0.1, 0.15) is 0 Å². The van der Waals surface area contributed by atoms with E-state index in [9.17, 15) is 10.1 Å². The van der Waals surface area contributed by atoms with Crippen LogP contribution < -0.4 is 5.48 Å². The molecule has 1 aromatic rings. The monoisotopic (exact) mass is 242 g/mol. The van der Waals surface area contributed by atoms with Crippen LogP contribution in [-0.2, 0) is 11.4 Å². The van der Waals surface area contributed by atoms with Crippen LogP contribution in [0, 0.1) is 10.1 Å². The summed E-state index contributed by atoms with van der Waals surface area (Å²) in [6.45, 7) is 0.529. The molecule has 0 bridgehead atoms. The normalized spacial score (nSPS) is 16.8. The molecule has 0 amide bonds. The van der Waals surface area contributed by atoms with E-state index in [0.717, 1.165) is 29.7 Å². The van der Waals surface area contributed by atoms with Gasteiger partial charge in [0.05, 0.1) is 11.0 Å². The molecule has 0 spiro atoms. The molecule has 1 saturated carbocycles. The first-order valence-electron chi connectivity index (χ1n) is 5.36. The van der Waals surface area contributed by atoms with Crippen molar-refractivity contribution < 1.29 is 9.76 Å². The van der Waals surface area contributed by atoms with Gasteiger partial charge in [-0.3, -0.25) is 15.0 Å². The Hall–Kier alpha value is -0.980. The van der Waals surface area contributed by atoms with E-state index in [4.69, 9.17) is 4.84 Å².